The number of hydrogen-bond donors (Lipinski definition) is 1. The van der Waals surface area contributed by atoms with Gasteiger partial charge in [-0.2, -0.15) is 0 Å². The molecule has 0 fully saturated rings. The summed E-state index contributed by atoms with van der Waals surface area (Å²) < 4.78 is 23.4. The second kappa shape index (κ2) is 7.99. The Morgan fingerprint density at radius 2 is 2.21 bits per heavy atom. The van der Waals surface area contributed by atoms with Crippen molar-refractivity contribution < 1.29 is 23.4 Å². The maximum absolute atomic E-state index is 12.2. The molecule has 146 valence electrons. The number of benzene rings is 1. The number of nitrogens with zero attached hydrogens (tertiary/aromatic N) is 4. The Labute approximate surface area is 160 Å². The zero-order valence-corrected chi connectivity index (χ0v) is 15.3. The van der Waals surface area contributed by atoms with E-state index < -0.39 is 0 Å². The van der Waals surface area contributed by atoms with Crippen LogP contribution >= 0.6 is 0 Å². The van der Waals surface area contributed by atoms with Crippen LogP contribution in [-0.4, -0.2) is 39.0 Å². The molecule has 1 amide bonds. The van der Waals surface area contributed by atoms with Crippen molar-refractivity contribution in [2.75, 3.05) is 13.3 Å². The average molecular weight is 385 g/mol. The topological polar surface area (TPSA) is 114 Å². The quantitative estimate of drug-likeness (QED) is 0.622. The maximum Gasteiger partial charge on any atom is 0.273 e. The van der Waals surface area contributed by atoms with Crippen molar-refractivity contribution in [3.05, 3.63) is 48.2 Å². The fourth-order valence-corrected chi connectivity index (χ4v) is 2.71. The highest BCUT2D eigenvalue weighted by atomic mass is 16.7. The predicted octanol–water partition coefficient (Wildman–Crippen LogP) is 1.57. The molecule has 1 aliphatic heterocycles. The van der Waals surface area contributed by atoms with Gasteiger partial charge >= 0.3 is 0 Å². The molecule has 0 atom stereocenters. The van der Waals surface area contributed by atoms with E-state index in [0.29, 0.717) is 36.1 Å². The summed E-state index contributed by atoms with van der Waals surface area (Å²) in [5.74, 6) is 2.70. The predicted molar refractivity (Wildman–Crippen MR) is 95.1 cm³/mol. The van der Waals surface area contributed by atoms with Gasteiger partial charge in [0, 0.05) is 25.6 Å². The highest BCUT2D eigenvalue weighted by Gasteiger charge is 2.15. The first-order valence-corrected chi connectivity index (χ1v) is 8.84. The molecule has 28 heavy (non-hydrogen) atoms. The number of aryl methyl sites for hydroxylation is 1. The molecule has 0 saturated heterocycles. The van der Waals surface area contributed by atoms with Crippen LogP contribution < -0.4 is 19.5 Å². The summed E-state index contributed by atoms with van der Waals surface area (Å²) in [6, 6.07) is 5.26. The number of hydrogen-bond acceptors (Lipinski definition) is 8. The molecule has 1 aromatic carbocycles. The minimum Gasteiger partial charge on any atom is -0.484 e. The minimum atomic E-state index is -0.319. The number of fused-ring (bicyclic) bond motifs is 1. The van der Waals surface area contributed by atoms with Gasteiger partial charge < -0.3 is 28.5 Å². The molecule has 3 heterocycles. The first kappa shape index (κ1) is 17.8. The van der Waals surface area contributed by atoms with Crippen LogP contribution in [0.15, 0.2) is 35.2 Å². The maximum atomic E-state index is 12.2. The summed E-state index contributed by atoms with van der Waals surface area (Å²) in [5, 5.41) is 10.7. The fourth-order valence-electron chi connectivity index (χ4n) is 2.71. The number of rotatable bonds is 8. The van der Waals surface area contributed by atoms with Crippen molar-refractivity contribution in [2.45, 2.75) is 26.5 Å². The van der Waals surface area contributed by atoms with Gasteiger partial charge in [-0.05, 0) is 19.1 Å². The Morgan fingerprint density at radius 1 is 1.32 bits per heavy atom. The minimum absolute atomic E-state index is 0.0898. The lowest BCUT2D eigenvalue weighted by Gasteiger charge is -2.04. The molecule has 4 rings (SSSR count). The normalized spacial score (nSPS) is 12.2. The van der Waals surface area contributed by atoms with Crippen LogP contribution in [0.1, 0.15) is 29.1 Å². The average Bonchev–Trinajstić information content (AvgIpc) is 3.45. The molecule has 0 aliphatic carbocycles. The smallest absolute Gasteiger partial charge is 0.273 e. The van der Waals surface area contributed by atoms with Gasteiger partial charge in [-0.1, -0.05) is 0 Å². The van der Waals surface area contributed by atoms with E-state index in [9.17, 15) is 4.79 Å². The summed E-state index contributed by atoms with van der Waals surface area (Å²) in [6.07, 6.45) is 3.56. The van der Waals surface area contributed by atoms with Gasteiger partial charge in [0.15, 0.2) is 23.8 Å². The SMILES string of the molecule is CCn1cnnc1CCNC(=O)c1coc(COc2ccc3c(c2)OCO3)n1. The third kappa shape index (κ3) is 3.90. The fraction of sp³-hybridized carbons (Fsp3) is 0.333. The van der Waals surface area contributed by atoms with E-state index in [1.165, 1.54) is 6.26 Å². The summed E-state index contributed by atoms with van der Waals surface area (Å²) in [5.41, 5.74) is 0.196. The monoisotopic (exact) mass is 385 g/mol. The molecule has 0 saturated carbocycles. The van der Waals surface area contributed by atoms with Crippen LogP contribution in [-0.2, 0) is 19.6 Å². The Kier molecular flexibility index (Phi) is 5.09. The largest absolute Gasteiger partial charge is 0.484 e. The number of nitrogens with one attached hydrogen (secondary N) is 1. The van der Waals surface area contributed by atoms with Crippen LogP contribution in [0, 0.1) is 0 Å². The number of ether oxygens (including phenoxy) is 3. The number of aromatic nitrogens is 4. The molecule has 10 heteroatoms. The van der Waals surface area contributed by atoms with Crippen molar-refractivity contribution in [2.24, 2.45) is 0 Å². The van der Waals surface area contributed by atoms with Crippen molar-refractivity contribution in [3.8, 4) is 17.2 Å². The Bertz CT molecular complexity index is 967. The summed E-state index contributed by atoms with van der Waals surface area (Å²) >= 11 is 0. The Morgan fingerprint density at radius 3 is 3.11 bits per heavy atom. The van der Waals surface area contributed by atoms with Gasteiger partial charge in [0.2, 0.25) is 12.7 Å². The lowest BCUT2D eigenvalue weighted by atomic mass is 10.3. The van der Waals surface area contributed by atoms with Crippen molar-refractivity contribution in [1.29, 1.82) is 0 Å². The highest BCUT2D eigenvalue weighted by Crippen LogP contribution is 2.35. The molecule has 1 aliphatic rings. The third-order valence-electron chi connectivity index (χ3n) is 4.16. The molecule has 1 N–H and O–H groups in total. The molecule has 10 nitrogen and oxygen atoms in total. The molecule has 3 aromatic rings. The zero-order valence-electron chi connectivity index (χ0n) is 15.3. The second-order valence-electron chi connectivity index (χ2n) is 5.97. The summed E-state index contributed by atoms with van der Waals surface area (Å²) in [4.78, 5) is 16.3. The van der Waals surface area contributed by atoms with Crippen LogP contribution in [0.2, 0.25) is 0 Å². The van der Waals surface area contributed by atoms with E-state index in [4.69, 9.17) is 18.6 Å². The van der Waals surface area contributed by atoms with E-state index in [-0.39, 0.29) is 25.0 Å². The van der Waals surface area contributed by atoms with Gasteiger partial charge in [-0.15, -0.1) is 10.2 Å². The third-order valence-corrected chi connectivity index (χ3v) is 4.16. The van der Waals surface area contributed by atoms with Crippen LogP contribution in [0.4, 0.5) is 0 Å². The Balaban J connectivity index is 1.27. The molecule has 2 aromatic heterocycles. The first-order valence-electron chi connectivity index (χ1n) is 8.84. The molecule has 0 radical (unpaired) electrons. The molecular formula is C18H19N5O5. The molecular weight excluding hydrogens is 366 g/mol. The zero-order chi connectivity index (χ0) is 19.3. The second-order valence-corrected chi connectivity index (χ2v) is 5.97. The van der Waals surface area contributed by atoms with E-state index in [0.717, 1.165) is 12.4 Å². The van der Waals surface area contributed by atoms with Crippen molar-refractivity contribution in [3.63, 3.8) is 0 Å². The lowest BCUT2D eigenvalue weighted by Crippen LogP contribution is -2.26. The highest BCUT2D eigenvalue weighted by molar-refractivity contribution is 5.91. The standard InChI is InChI=1S/C18H19N5O5/c1-2-23-10-20-22-16(23)5-6-19-18(24)13-8-26-17(21-13)9-25-12-3-4-14-15(7-12)28-11-27-14/h3-4,7-8,10H,2,5-6,9,11H2,1H3,(H,19,24). The van der Waals surface area contributed by atoms with Crippen LogP contribution in [0.5, 0.6) is 17.2 Å². The van der Waals surface area contributed by atoms with Gasteiger partial charge in [-0.25, -0.2) is 4.98 Å². The number of carbonyl (C=O) groups is 1. The lowest BCUT2D eigenvalue weighted by molar-refractivity contribution is 0.0948. The van der Waals surface area contributed by atoms with Crippen molar-refractivity contribution >= 4 is 5.91 Å². The summed E-state index contributed by atoms with van der Waals surface area (Å²) in [6.45, 7) is 3.51. The molecule has 0 bridgehead atoms. The molecule has 0 spiro atoms. The van der Waals surface area contributed by atoms with Gasteiger partial charge in [0.1, 0.15) is 24.2 Å². The van der Waals surface area contributed by atoms with E-state index in [2.05, 4.69) is 20.5 Å². The van der Waals surface area contributed by atoms with Crippen molar-refractivity contribution in [1.82, 2.24) is 25.1 Å². The van der Waals surface area contributed by atoms with Gasteiger partial charge in [0.25, 0.3) is 5.91 Å². The van der Waals surface area contributed by atoms with Crippen LogP contribution in [0.25, 0.3) is 0 Å². The molecule has 0 unspecified atom stereocenters. The van der Waals surface area contributed by atoms with E-state index >= 15 is 0 Å². The van der Waals surface area contributed by atoms with Gasteiger partial charge in [-0.3, -0.25) is 4.79 Å². The summed E-state index contributed by atoms with van der Waals surface area (Å²) in [7, 11) is 0. The number of amides is 1. The van der Waals surface area contributed by atoms with Gasteiger partial charge in [0.05, 0.1) is 0 Å². The number of oxazole rings is 1. The number of carbonyl (C=O) groups excluding carboxylic acids is 1. The first-order chi connectivity index (χ1) is 13.7. The van der Waals surface area contributed by atoms with Crippen LogP contribution in [0.3, 0.4) is 0 Å². The van der Waals surface area contributed by atoms with E-state index in [1.807, 2.05) is 11.5 Å². The Hall–Kier alpha value is -3.56. The van der Waals surface area contributed by atoms with E-state index in [1.54, 1.807) is 24.5 Å².